The highest BCUT2D eigenvalue weighted by molar-refractivity contribution is 7.70. The molecule has 420 valence electrons. The third-order valence-corrected chi connectivity index (χ3v) is 16.1. The smallest absolute Gasteiger partial charge is 0.246 e. The van der Waals surface area contributed by atoms with Crippen LogP contribution in [0.25, 0.3) is 10.4 Å². The molecule has 1 unspecified atom stereocenters. The summed E-state index contributed by atoms with van der Waals surface area (Å²) in [5.41, 5.74) is 6.25. The number of rotatable bonds is 25. The van der Waals surface area contributed by atoms with Crippen molar-refractivity contribution >= 4 is 87.8 Å². The van der Waals surface area contributed by atoms with Gasteiger partial charge in [-0.15, -0.1) is 11.3 Å². The van der Waals surface area contributed by atoms with Gasteiger partial charge in [0.05, 0.1) is 92.9 Å². The fourth-order valence-electron chi connectivity index (χ4n) is 9.04. The number of methoxy groups -OCH3 is 1. The predicted octanol–water partition coefficient (Wildman–Crippen LogP) is 6.59. The second-order valence-corrected chi connectivity index (χ2v) is 25.0. The molecule has 20 nitrogen and oxygen atoms in total. The van der Waals surface area contributed by atoms with Gasteiger partial charge in [-0.2, -0.15) is 4.98 Å². The molecular formula is C55H72ClN10O10PS. The first-order valence-corrected chi connectivity index (χ1v) is 29.8. The molecule has 3 atom stereocenters. The van der Waals surface area contributed by atoms with Crippen LogP contribution in [0.4, 0.5) is 28.8 Å². The lowest BCUT2D eigenvalue weighted by Gasteiger charge is -2.36. The number of aliphatic hydroxyl groups is 1. The zero-order valence-electron chi connectivity index (χ0n) is 45.4. The highest BCUT2D eigenvalue weighted by atomic mass is 35.5. The molecule has 0 bridgehead atoms. The van der Waals surface area contributed by atoms with Gasteiger partial charge in [0.25, 0.3) is 0 Å². The summed E-state index contributed by atoms with van der Waals surface area (Å²) in [5, 5.41) is 23.8. The van der Waals surface area contributed by atoms with Crippen molar-refractivity contribution < 1.29 is 47.8 Å². The van der Waals surface area contributed by atoms with Gasteiger partial charge in [-0.25, -0.2) is 9.97 Å². The maximum Gasteiger partial charge on any atom is 0.246 e. The fourth-order valence-corrected chi connectivity index (χ4v) is 11.1. The Morgan fingerprint density at radius 2 is 1.55 bits per heavy atom. The van der Waals surface area contributed by atoms with Crippen LogP contribution in [0.1, 0.15) is 51.3 Å². The number of β-amino-alcohol motifs (C(OH)–C–C–N with tert-alkyl or cyclic N) is 1. The average Bonchev–Trinajstić information content (AvgIpc) is 4.04. The third-order valence-electron chi connectivity index (χ3n) is 13.3. The highest BCUT2D eigenvalue weighted by Crippen LogP contribution is 2.39. The van der Waals surface area contributed by atoms with Gasteiger partial charge in [0.1, 0.15) is 30.0 Å². The SMILES string of the molecule is COc1cc(N2CCN(C(=O)CCOCCOCCOCCC(=O)NC(C(=O)N3C[C@H](O)C[C@H]3C(=O)NCc3ccc(-c4scnc4C)cc3)C(C)(C)C)CC2)ccc1Nc1ncc(Cl)c(Nc2ccccc2P(C)(C)=O)n1. The molecule has 0 saturated carbocycles. The van der Waals surface area contributed by atoms with Gasteiger partial charge in [0.15, 0.2) is 5.82 Å². The summed E-state index contributed by atoms with van der Waals surface area (Å²) in [4.78, 5) is 73.3. The van der Waals surface area contributed by atoms with Gasteiger partial charge in [0.2, 0.25) is 29.6 Å². The molecule has 7 rings (SSSR count). The van der Waals surface area contributed by atoms with E-state index in [0.717, 1.165) is 27.4 Å². The van der Waals surface area contributed by atoms with Crippen LogP contribution in [0.2, 0.25) is 5.02 Å². The van der Waals surface area contributed by atoms with E-state index in [9.17, 15) is 28.8 Å². The number of nitrogens with one attached hydrogen (secondary N) is 4. The lowest BCUT2D eigenvalue weighted by Crippen LogP contribution is -2.57. The minimum absolute atomic E-state index is 0.00451. The Bertz CT molecular complexity index is 2890. The number of nitrogens with zero attached hydrogens (tertiary/aromatic N) is 6. The van der Waals surface area contributed by atoms with E-state index in [1.807, 2.05) is 105 Å². The van der Waals surface area contributed by atoms with Crippen LogP contribution in [0.3, 0.4) is 0 Å². The number of benzene rings is 3. The third kappa shape index (κ3) is 16.4. The van der Waals surface area contributed by atoms with Gasteiger partial charge in [0, 0.05) is 69.2 Å². The molecule has 3 aromatic carbocycles. The number of piperazine rings is 1. The summed E-state index contributed by atoms with van der Waals surface area (Å²) in [6.45, 7) is 15.0. The maximum atomic E-state index is 14.0. The Morgan fingerprint density at radius 3 is 2.21 bits per heavy atom. The number of likely N-dealkylation sites (tertiary alicyclic amines) is 1. The van der Waals surface area contributed by atoms with E-state index in [1.165, 1.54) is 11.1 Å². The van der Waals surface area contributed by atoms with Crippen LogP contribution in [-0.4, -0.2) is 164 Å². The number of aromatic nitrogens is 3. The normalized spacial score (nSPS) is 16.2. The van der Waals surface area contributed by atoms with Crippen molar-refractivity contribution in [2.45, 2.75) is 71.7 Å². The van der Waals surface area contributed by atoms with Gasteiger partial charge < -0.3 is 64.6 Å². The second-order valence-electron chi connectivity index (χ2n) is 20.5. The molecule has 5 aromatic rings. The predicted molar refractivity (Wildman–Crippen MR) is 304 cm³/mol. The van der Waals surface area contributed by atoms with E-state index < -0.39 is 36.7 Å². The molecule has 78 heavy (non-hydrogen) atoms. The molecule has 5 N–H and O–H groups in total. The number of hydrogen-bond donors (Lipinski definition) is 5. The van der Waals surface area contributed by atoms with E-state index in [2.05, 4.69) is 41.1 Å². The quantitative estimate of drug-likeness (QED) is 0.0306. The number of aryl methyl sites for hydroxylation is 1. The van der Waals surface area contributed by atoms with Crippen LogP contribution < -0.4 is 36.2 Å². The number of ether oxygens (including phenoxy) is 4. The molecule has 0 aliphatic carbocycles. The van der Waals surface area contributed by atoms with Crippen LogP contribution in [-0.2, 0) is 44.5 Å². The van der Waals surface area contributed by atoms with Crippen molar-refractivity contribution in [1.82, 2.24) is 35.4 Å². The Hall–Kier alpha value is -6.19. The van der Waals surface area contributed by atoms with Gasteiger partial charge in [-0.3, -0.25) is 19.2 Å². The first-order chi connectivity index (χ1) is 37.3. The Balaban J connectivity index is 0.747. The molecule has 4 amide bonds. The molecule has 2 aliphatic heterocycles. The summed E-state index contributed by atoms with van der Waals surface area (Å²) >= 11 is 8.03. The first-order valence-electron chi connectivity index (χ1n) is 26.0. The average molecular weight is 1130 g/mol. The van der Waals surface area contributed by atoms with E-state index >= 15 is 0 Å². The topological polar surface area (TPSA) is 239 Å². The number of anilines is 5. The molecule has 2 aliphatic rings. The number of halogens is 1. The Labute approximate surface area is 465 Å². The monoisotopic (exact) mass is 1130 g/mol. The van der Waals surface area contributed by atoms with Crippen molar-refractivity contribution in [2.24, 2.45) is 5.41 Å². The Kier molecular flexibility index (Phi) is 21.0. The number of hydrogen-bond acceptors (Lipinski definition) is 17. The second kappa shape index (κ2) is 27.6. The summed E-state index contributed by atoms with van der Waals surface area (Å²) in [5.74, 6) is 0.0499. The highest BCUT2D eigenvalue weighted by Gasteiger charge is 2.44. The van der Waals surface area contributed by atoms with Crippen molar-refractivity contribution in [2.75, 3.05) is 108 Å². The molecule has 2 saturated heterocycles. The molecule has 23 heteroatoms. The summed E-state index contributed by atoms with van der Waals surface area (Å²) in [6.07, 6.45) is 0.960. The van der Waals surface area contributed by atoms with Crippen LogP contribution in [0.5, 0.6) is 5.75 Å². The Morgan fingerprint density at radius 1 is 0.872 bits per heavy atom. The molecular weight excluding hydrogens is 1060 g/mol. The number of thiazole rings is 1. The number of carbonyl (C=O) groups is 4. The fraction of sp³-hybridized carbons (Fsp3) is 0.473. The van der Waals surface area contributed by atoms with E-state index in [-0.39, 0.29) is 82.4 Å². The molecule has 4 heterocycles. The zero-order valence-corrected chi connectivity index (χ0v) is 47.8. The summed E-state index contributed by atoms with van der Waals surface area (Å²) in [7, 11) is -0.993. The number of aliphatic hydroxyl groups excluding tert-OH is 1. The van der Waals surface area contributed by atoms with E-state index in [4.69, 9.17) is 30.5 Å². The van der Waals surface area contributed by atoms with Crippen molar-refractivity contribution in [3.63, 3.8) is 0 Å². The van der Waals surface area contributed by atoms with Crippen LogP contribution >= 0.6 is 30.1 Å². The van der Waals surface area contributed by atoms with Crippen molar-refractivity contribution in [3.05, 3.63) is 94.7 Å². The number of amides is 4. The standard InChI is InChI=1S/C55H72ClN10O10PS/c1-36-49(78-35-59-36)38-14-12-37(13-15-38)32-57-52(70)44-31-40(67)34-66(44)53(71)50(55(2,3)4)62-47(68)18-24-74-26-28-76-29-27-75-25-19-48(69)65-22-20-64(21-23-65)39-16-17-42(45(30-39)73-5)61-54-58-33-41(56)51(63-54)60-43-10-8-9-11-46(43)77(6,7)72/h8-17,30,33,35,40,44,50,67H,18-29,31-32,34H2,1-7H3,(H,57,70)(H,62,68)(H2,58,60,61,63)/t40-,44+,50?/m1/s1. The van der Waals surface area contributed by atoms with Crippen LogP contribution in [0, 0.1) is 12.3 Å². The van der Waals surface area contributed by atoms with Crippen molar-refractivity contribution in [3.8, 4) is 16.2 Å². The van der Waals surface area contributed by atoms with Crippen LogP contribution in [0.15, 0.2) is 78.4 Å². The maximum absolute atomic E-state index is 14.0. The number of para-hydroxylation sites is 1. The molecule has 2 aromatic heterocycles. The van der Waals surface area contributed by atoms with E-state index in [1.54, 1.807) is 31.8 Å². The minimum atomic E-state index is -2.58. The zero-order chi connectivity index (χ0) is 56.0. The molecule has 2 fully saturated rings. The minimum Gasteiger partial charge on any atom is -0.494 e. The van der Waals surface area contributed by atoms with Gasteiger partial charge in [-0.1, -0.05) is 68.8 Å². The summed E-state index contributed by atoms with van der Waals surface area (Å²) in [6, 6.07) is 19.2. The lowest BCUT2D eigenvalue weighted by atomic mass is 9.85. The molecule has 0 spiro atoms. The van der Waals surface area contributed by atoms with Gasteiger partial charge >= 0.3 is 0 Å². The van der Waals surface area contributed by atoms with E-state index in [0.29, 0.717) is 72.7 Å². The van der Waals surface area contributed by atoms with Crippen molar-refractivity contribution in [1.29, 1.82) is 0 Å². The van der Waals surface area contributed by atoms with Gasteiger partial charge in [-0.05, 0) is 61.1 Å². The lowest BCUT2D eigenvalue weighted by molar-refractivity contribution is -0.144. The number of carbonyl (C=O) groups excluding carboxylic acids is 4. The summed E-state index contributed by atoms with van der Waals surface area (Å²) < 4.78 is 35.6. The molecule has 0 radical (unpaired) electrons. The first kappa shape index (κ1) is 59.5. The largest absolute Gasteiger partial charge is 0.494 e.